The van der Waals surface area contributed by atoms with E-state index in [-0.39, 0.29) is 6.04 Å². The number of ether oxygens (including phenoxy) is 1. The Morgan fingerprint density at radius 2 is 2.32 bits per heavy atom. The van der Waals surface area contributed by atoms with Crippen molar-refractivity contribution in [1.29, 1.82) is 0 Å². The first-order chi connectivity index (χ1) is 8.99. The molecular formula is C14H22N2O3. The van der Waals surface area contributed by atoms with E-state index in [0.717, 1.165) is 30.8 Å². The fourth-order valence-electron chi connectivity index (χ4n) is 2.78. The molecule has 5 nitrogen and oxygen atoms in total. The normalized spacial score (nSPS) is 24.4. The minimum atomic E-state index is -0.424. The van der Waals surface area contributed by atoms with Gasteiger partial charge in [-0.25, -0.2) is 4.79 Å². The molecule has 2 atom stereocenters. The summed E-state index contributed by atoms with van der Waals surface area (Å²) in [6.45, 7) is 6.64. The van der Waals surface area contributed by atoms with Crippen molar-refractivity contribution in [2.45, 2.75) is 32.9 Å². The third-order valence-corrected chi connectivity index (χ3v) is 3.49. The smallest absolute Gasteiger partial charge is 0.374 e. The molecule has 106 valence electrons. The first kappa shape index (κ1) is 14.1. The van der Waals surface area contributed by atoms with E-state index in [1.165, 1.54) is 7.11 Å². The van der Waals surface area contributed by atoms with Crippen LogP contribution in [0.15, 0.2) is 10.5 Å². The molecule has 0 amide bonds. The molecule has 1 aromatic rings. The topological polar surface area (TPSA) is 68.7 Å². The highest BCUT2D eigenvalue weighted by Gasteiger charge is 2.24. The maximum absolute atomic E-state index is 11.5. The van der Waals surface area contributed by atoms with Gasteiger partial charge in [0.15, 0.2) is 0 Å². The molecule has 0 bridgehead atoms. The lowest BCUT2D eigenvalue weighted by Crippen LogP contribution is -2.45. The minimum Gasteiger partial charge on any atom is -0.463 e. The van der Waals surface area contributed by atoms with E-state index in [1.807, 2.05) is 13.0 Å². The van der Waals surface area contributed by atoms with Gasteiger partial charge < -0.3 is 14.9 Å². The van der Waals surface area contributed by atoms with E-state index in [4.69, 9.17) is 10.2 Å². The summed E-state index contributed by atoms with van der Waals surface area (Å²) in [5.41, 5.74) is 6.84. The maximum Gasteiger partial charge on any atom is 0.374 e. The summed E-state index contributed by atoms with van der Waals surface area (Å²) in [6, 6.07) is 2.12. The Hall–Kier alpha value is -1.33. The molecule has 2 unspecified atom stereocenters. The Morgan fingerprint density at radius 3 is 2.95 bits per heavy atom. The number of methoxy groups -OCH3 is 1. The Morgan fingerprint density at radius 1 is 1.58 bits per heavy atom. The molecule has 1 aliphatic rings. The van der Waals surface area contributed by atoms with Crippen LogP contribution in [-0.2, 0) is 11.3 Å². The molecular weight excluding hydrogens is 244 g/mol. The number of piperidine rings is 1. The number of furan rings is 1. The number of carbonyl (C=O) groups is 1. The standard InChI is InChI=1S/C14H22N2O3/c1-9-4-11(15)7-16(6-9)8-12-5-10(2)13(19-12)14(17)18-3/h5,9,11H,4,6-8,15H2,1-3H3. The molecule has 0 radical (unpaired) electrons. The molecule has 1 aromatic heterocycles. The zero-order valence-corrected chi connectivity index (χ0v) is 11.8. The fourth-order valence-corrected chi connectivity index (χ4v) is 2.78. The predicted octanol–water partition coefficient (Wildman–Crippen LogP) is 1.54. The average molecular weight is 266 g/mol. The molecule has 5 heteroatoms. The second kappa shape index (κ2) is 5.75. The van der Waals surface area contributed by atoms with Crippen LogP contribution in [-0.4, -0.2) is 37.1 Å². The van der Waals surface area contributed by atoms with Gasteiger partial charge in [0.05, 0.1) is 13.7 Å². The Bertz CT molecular complexity index is 446. The van der Waals surface area contributed by atoms with Crippen molar-refractivity contribution in [3.63, 3.8) is 0 Å². The van der Waals surface area contributed by atoms with Crippen LogP contribution in [0.5, 0.6) is 0 Å². The summed E-state index contributed by atoms with van der Waals surface area (Å²) in [4.78, 5) is 13.8. The summed E-state index contributed by atoms with van der Waals surface area (Å²) in [5.74, 6) is 1.26. The first-order valence-corrected chi connectivity index (χ1v) is 6.65. The zero-order chi connectivity index (χ0) is 14.0. The number of nitrogens with zero attached hydrogens (tertiary/aromatic N) is 1. The van der Waals surface area contributed by atoms with E-state index in [2.05, 4.69) is 16.6 Å². The molecule has 0 aromatic carbocycles. The predicted molar refractivity (Wildman–Crippen MR) is 71.8 cm³/mol. The maximum atomic E-state index is 11.5. The van der Waals surface area contributed by atoms with Crippen molar-refractivity contribution in [2.24, 2.45) is 11.7 Å². The molecule has 19 heavy (non-hydrogen) atoms. The van der Waals surface area contributed by atoms with Gasteiger partial charge in [-0.05, 0) is 25.3 Å². The highest BCUT2D eigenvalue weighted by atomic mass is 16.5. The molecule has 0 aliphatic carbocycles. The highest BCUT2D eigenvalue weighted by molar-refractivity contribution is 5.87. The molecule has 2 rings (SSSR count). The monoisotopic (exact) mass is 266 g/mol. The summed E-state index contributed by atoms with van der Waals surface area (Å²) in [5, 5.41) is 0. The summed E-state index contributed by atoms with van der Waals surface area (Å²) in [7, 11) is 1.36. The van der Waals surface area contributed by atoms with Crippen molar-refractivity contribution in [1.82, 2.24) is 4.90 Å². The molecule has 2 heterocycles. The molecule has 2 N–H and O–H groups in total. The zero-order valence-electron chi connectivity index (χ0n) is 11.8. The van der Waals surface area contributed by atoms with E-state index in [0.29, 0.717) is 18.2 Å². The van der Waals surface area contributed by atoms with Crippen LogP contribution >= 0.6 is 0 Å². The SMILES string of the molecule is COC(=O)c1oc(CN2CC(C)CC(N)C2)cc1C. The second-order valence-electron chi connectivity index (χ2n) is 5.51. The first-order valence-electron chi connectivity index (χ1n) is 6.65. The number of hydrogen-bond acceptors (Lipinski definition) is 5. The third-order valence-electron chi connectivity index (χ3n) is 3.49. The Kier molecular flexibility index (Phi) is 4.27. The Labute approximate surface area is 113 Å². The number of nitrogens with two attached hydrogens (primary N) is 1. The molecule has 1 fully saturated rings. The number of aryl methyl sites for hydroxylation is 1. The number of rotatable bonds is 3. The van der Waals surface area contributed by atoms with Crippen LogP contribution in [0.1, 0.15) is 35.2 Å². The number of esters is 1. The van der Waals surface area contributed by atoms with Gasteiger partial charge in [-0.1, -0.05) is 6.92 Å². The molecule has 1 aliphatic heterocycles. The van der Waals surface area contributed by atoms with E-state index >= 15 is 0 Å². The lowest BCUT2D eigenvalue weighted by molar-refractivity contribution is 0.0558. The van der Waals surface area contributed by atoms with Gasteiger partial charge in [-0.2, -0.15) is 0 Å². The third kappa shape index (κ3) is 3.36. The van der Waals surface area contributed by atoms with Crippen molar-refractivity contribution < 1.29 is 13.9 Å². The van der Waals surface area contributed by atoms with Crippen LogP contribution in [0.3, 0.4) is 0 Å². The summed E-state index contributed by atoms with van der Waals surface area (Å²) >= 11 is 0. The van der Waals surface area contributed by atoms with Crippen LogP contribution in [0.2, 0.25) is 0 Å². The largest absolute Gasteiger partial charge is 0.463 e. The lowest BCUT2D eigenvalue weighted by atomic mass is 9.96. The summed E-state index contributed by atoms with van der Waals surface area (Å²) < 4.78 is 10.3. The van der Waals surface area contributed by atoms with Crippen molar-refractivity contribution in [2.75, 3.05) is 20.2 Å². The van der Waals surface area contributed by atoms with Crippen molar-refractivity contribution >= 4 is 5.97 Å². The van der Waals surface area contributed by atoms with Gasteiger partial charge in [-0.3, -0.25) is 4.90 Å². The van der Waals surface area contributed by atoms with Crippen LogP contribution < -0.4 is 5.73 Å². The average Bonchev–Trinajstić information content (AvgIpc) is 2.68. The highest BCUT2D eigenvalue weighted by Crippen LogP contribution is 2.21. The summed E-state index contributed by atoms with van der Waals surface area (Å²) in [6.07, 6.45) is 1.07. The lowest BCUT2D eigenvalue weighted by Gasteiger charge is -2.34. The van der Waals surface area contributed by atoms with Gasteiger partial charge in [0.1, 0.15) is 5.76 Å². The van der Waals surface area contributed by atoms with E-state index in [9.17, 15) is 4.79 Å². The fraction of sp³-hybridized carbons (Fsp3) is 0.643. The van der Waals surface area contributed by atoms with Gasteiger partial charge in [0.25, 0.3) is 0 Å². The minimum absolute atomic E-state index is 0.222. The number of likely N-dealkylation sites (tertiary alicyclic amines) is 1. The van der Waals surface area contributed by atoms with Gasteiger partial charge >= 0.3 is 5.97 Å². The van der Waals surface area contributed by atoms with Gasteiger partial charge in [0, 0.05) is 24.7 Å². The number of hydrogen-bond donors (Lipinski definition) is 1. The molecule has 1 saturated heterocycles. The van der Waals surface area contributed by atoms with Crippen LogP contribution in [0.25, 0.3) is 0 Å². The van der Waals surface area contributed by atoms with Crippen LogP contribution in [0.4, 0.5) is 0 Å². The van der Waals surface area contributed by atoms with E-state index < -0.39 is 5.97 Å². The second-order valence-corrected chi connectivity index (χ2v) is 5.51. The van der Waals surface area contributed by atoms with Gasteiger partial charge in [-0.15, -0.1) is 0 Å². The quantitative estimate of drug-likeness (QED) is 0.841. The van der Waals surface area contributed by atoms with E-state index in [1.54, 1.807) is 0 Å². The van der Waals surface area contributed by atoms with Crippen molar-refractivity contribution in [3.8, 4) is 0 Å². The Balaban J connectivity index is 2.05. The number of carbonyl (C=O) groups excluding carboxylic acids is 1. The van der Waals surface area contributed by atoms with Crippen molar-refractivity contribution in [3.05, 3.63) is 23.2 Å². The van der Waals surface area contributed by atoms with Gasteiger partial charge in [0.2, 0.25) is 5.76 Å². The molecule has 0 spiro atoms. The van der Waals surface area contributed by atoms with Crippen LogP contribution in [0, 0.1) is 12.8 Å². The molecule has 0 saturated carbocycles.